The highest BCUT2D eigenvalue weighted by molar-refractivity contribution is 7.83. The van der Waals surface area contributed by atoms with Gasteiger partial charge in [-0.3, -0.25) is 14.1 Å². The van der Waals surface area contributed by atoms with Crippen LogP contribution in [0.2, 0.25) is 0 Å². The molecule has 17 heavy (non-hydrogen) atoms. The van der Waals surface area contributed by atoms with Gasteiger partial charge in [-0.1, -0.05) is 0 Å². The third-order valence-corrected chi connectivity index (χ3v) is 0.781. The van der Waals surface area contributed by atoms with Crippen molar-refractivity contribution in [3.05, 3.63) is 0 Å². The summed E-state index contributed by atoms with van der Waals surface area (Å²) in [6.07, 6.45) is 0.0866. The second-order valence-corrected chi connectivity index (χ2v) is 3.19. The molecule has 0 unspecified atom stereocenters. The highest BCUT2D eigenvalue weighted by atomic mass is 32.2. The third kappa shape index (κ3) is 108. The first-order valence-electron chi connectivity index (χ1n) is 3.31. The van der Waals surface area contributed by atoms with Gasteiger partial charge in [0.25, 0.3) is 0 Å². The molecule has 0 radical (unpaired) electrons. The number of carbonyl (C=O) groups is 2. The van der Waals surface area contributed by atoms with Crippen LogP contribution < -0.4 is 23.6 Å². The van der Waals surface area contributed by atoms with Gasteiger partial charge < -0.3 is 28.7 Å². The van der Waals surface area contributed by atoms with E-state index in [1.165, 1.54) is 0 Å². The fourth-order valence-corrected chi connectivity index (χ4v) is 0.391. The minimum Gasteiger partial charge on any atom is -0.481 e. The smallest absolute Gasteiger partial charge is 0.330 e. The maximum Gasteiger partial charge on any atom is 0.330 e. The van der Waals surface area contributed by atoms with Gasteiger partial charge in [-0.15, -0.1) is 0 Å². The number of hydrogen-bond donors (Lipinski definition) is 7. The molecular weight excluding hydrogens is 260 g/mol. The topological polar surface area (TPSA) is 260 Å². The molecule has 108 valence electrons. The number of hydrogen-bond acceptors (Lipinski definition) is 7. The van der Waals surface area contributed by atoms with E-state index in [1.807, 2.05) is 0 Å². The molecule has 0 aliphatic carbocycles. The van der Waals surface area contributed by atoms with Gasteiger partial charge in [0.2, 0.25) is 0 Å². The van der Waals surface area contributed by atoms with Crippen molar-refractivity contribution >= 4 is 22.2 Å². The molecule has 0 aromatic carbocycles. The van der Waals surface area contributed by atoms with Crippen molar-refractivity contribution in [3.8, 4) is 0 Å². The third-order valence-electron chi connectivity index (χ3n) is 0.781. The number of carboxylic acids is 2. The van der Waals surface area contributed by atoms with Gasteiger partial charge in [-0.25, -0.2) is 5.14 Å². The zero-order valence-corrected chi connectivity index (χ0v) is 10.0. The predicted molar refractivity (Wildman–Crippen MR) is 59.9 cm³/mol. The molecule has 0 heterocycles. The molecule has 0 spiro atoms. The standard InChI is InChI=1S/C5H8O4.H3NO3S.3H3N/c6-4(7)2-1-3-5(8)9;1-5(2,3)4;;;/h1-3H2,(H,6,7)(H,8,9);(H3,1,2,3,4);3*1H3. The van der Waals surface area contributed by atoms with Gasteiger partial charge in [-0.05, 0) is 6.42 Å². The van der Waals surface area contributed by atoms with Crippen molar-refractivity contribution < 1.29 is 32.8 Å². The predicted octanol–water partition coefficient (Wildman–Crippen LogP) is -0.440. The SMILES string of the molecule is N.N.N.NS(=O)(=O)O.O=C(O)CCCC(=O)O. The molecule has 0 aliphatic heterocycles. The van der Waals surface area contributed by atoms with Crippen LogP contribution in [0.25, 0.3) is 0 Å². The Bertz CT molecular complexity index is 269. The molecule has 12 heteroatoms. The second-order valence-electron chi connectivity index (χ2n) is 2.16. The van der Waals surface area contributed by atoms with E-state index in [1.54, 1.807) is 0 Å². The molecule has 14 N–H and O–H groups in total. The van der Waals surface area contributed by atoms with Crippen molar-refractivity contribution in [3.63, 3.8) is 0 Å². The Balaban J connectivity index is -0.0000000533. The lowest BCUT2D eigenvalue weighted by molar-refractivity contribution is -0.138. The van der Waals surface area contributed by atoms with E-state index in [4.69, 9.17) is 23.2 Å². The Morgan fingerprint density at radius 3 is 1.24 bits per heavy atom. The fourth-order valence-electron chi connectivity index (χ4n) is 0.391. The van der Waals surface area contributed by atoms with Gasteiger partial charge in [0.1, 0.15) is 0 Å². The van der Waals surface area contributed by atoms with Crippen LogP contribution in [0.4, 0.5) is 0 Å². The maximum absolute atomic E-state index is 9.79. The molecule has 0 rings (SSSR count). The average molecular weight is 280 g/mol. The van der Waals surface area contributed by atoms with E-state index in [0.29, 0.717) is 0 Å². The minimum absolute atomic E-state index is 0. The van der Waals surface area contributed by atoms with Crippen LogP contribution in [0, 0.1) is 0 Å². The zero-order valence-electron chi connectivity index (χ0n) is 9.20. The van der Waals surface area contributed by atoms with E-state index >= 15 is 0 Å². The summed E-state index contributed by atoms with van der Waals surface area (Å²) in [4.78, 5) is 19.6. The second kappa shape index (κ2) is 14.7. The largest absolute Gasteiger partial charge is 0.481 e. The molecule has 0 saturated carbocycles. The highest BCUT2D eigenvalue weighted by Crippen LogP contribution is 1.93. The number of nitrogens with two attached hydrogens (primary N) is 1. The van der Waals surface area contributed by atoms with Gasteiger partial charge in [0, 0.05) is 12.8 Å². The fraction of sp³-hybridized carbons (Fsp3) is 0.600. The van der Waals surface area contributed by atoms with E-state index in [9.17, 15) is 9.59 Å². The first-order chi connectivity index (χ1) is 6.13. The van der Waals surface area contributed by atoms with Crippen molar-refractivity contribution in [2.45, 2.75) is 19.3 Å². The Morgan fingerprint density at radius 1 is 0.941 bits per heavy atom. The summed E-state index contributed by atoms with van der Waals surface area (Å²) >= 11 is 0. The summed E-state index contributed by atoms with van der Waals surface area (Å²) in [5.41, 5.74) is 0. The van der Waals surface area contributed by atoms with Crippen LogP contribution in [0.3, 0.4) is 0 Å². The Hall–Kier alpha value is -1.31. The summed E-state index contributed by atoms with van der Waals surface area (Å²) in [6, 6.07) is 0. The quantitative estimate of drug-likeness (QED) is 0.326. The van der Waals surface area contributed by atoms with Crippen LogP contribution in [0.5, 0.6) is 0 Å². The zero-order chi connectivity index (χ0) is 11.8. The molecule has 0 fully saturated rings. The average Bonchev–Trinajstić information content (AvgIpc) is 1.80. The molecule has 0 bridgehead atoms. The monoisotopic (exact) mass is 280 g/mol. The lowest BCUT2D eigenvalue weighted by Gasteiger charge is -1.89. The van der Waals surface area contributed by atoms with Crippen LogP contribution in [0.1, 0.15) is 19.3 Å². The molecular formula is C5H20N4O7S. The summed E-state index contributed by atoms with van der Waals surface area (Å²) in [5.74, 6) is -1.90. The van der Waals surface area contributed by atoms with Crippen molar-refractivity contribution in [1.29, 1.82) is 0 Å². The Kier molecular flexibility index (Phi) is 25.6. The van der Waals surface area contributed by atoms with Crippen LogP contribution in [-0.2, 0) is 19.9 Å². The summed E-state index contributed by atoms with van der Waals surface area (Å²) in [5, 5.41) is 19.9. The van der Waals surface area contributed by atoms with Gasteiger partial charge >= 0.3 is 22.2 Å². The highest BCUT2D eigenvalue weighted by Gasteiger charge is 1.99. The summed E-state index contributed by atoms with van der Waals surface area (Å²) in [7, 11) is -4.17. The Labute approximate surface area is 98.6 Å². The molecule has 0 saturated heterocycles. The van der Waals surface area contributed by atoms with Gasteiger partial charge in [-0.2, -0.15) is 8.42 Å². The van der Waals surface area contributed by atoms with Crippen molar-refractivity contribution in [2.75, 3.05) is 0 Å². The normalized spacial score (nSPS) is 8.12. The van der Waals surface area contributed by atoms with Crippen LogP contribution >= 0.6 is 0 Å². The molecule has 0 aromatic heterocycles. The van der Waals surface area contributed by atoms with E-state index in [0.717, 1.165) is 0 Å². The van der Waals surface area contributed by atoms with Gasteiger partial charge in [0.15, 0.2) is 0 Å². The number of carboxylic acid groups (broad SMARTS) is 2. The van der Waals surface area contributed by atoms with Crippen LogP contribution in [-0.4, -0.2) is 35.1 Å². The lowest BCUT2D eigenvalue weighted by atomic mass is 10.2. The van der Waals surface area contributed by atoms with Gasteiger partial charge in [0.05, 0.1) is 0 Å². The first-order valence-corrected chi connectivity index (χ1v) is 4.82. The minimum atomic E-state index is -4.17. The first kappa shape index (κ1) is 29.6. The van der Waals surface area contributed by atoms with Crippen LogP contribution in [0.15, 0.2) is 0 Å². The summed E-state index contributed by atoms with van der Waals surface area (Å²) < 4.78 is 25.2. The number of rotatable bonds is 4. The summed E-state index contributed by atoms with van der Waals surface area (Å²) in [6.45, 7) is 0. The molecule has 0 atom stereocenters. The molecule has 0 aliphatic rings. The van der Waals surface area contributed by atoms with E-state index in [-0.39, 0.29) is 37.7 Å². The maximum atomic E-state index is 9.79. The van der Waals surface area contributed by atoms with E-state index in [2.05, 4.69) is 5.14 Å². The van der Waals surface area contributed by atoms with Crippen molar-refractivity contribution in [2.24, 2.45) is 5.14 Å². The van der Waals surface area contributed by atoms with Crippen molar-refractivity contribution in [1.82, 2.24) is 18.5 Å². The molecule has 0 aromatic rings. The van der Waals surface area contributed by atoms with E-state index < -0.39 is 22.2 Å². The Morgan fingerprint density at radius 2 is 1.12 bits per heavy atom. The molecule has 0 amide bonds. The molecule has 11 nitrogen and oxygen atoms in total. The number of aliphatic carboxylic acids is 2. The lowest BCUT2D eigenvalue weighted by Crippen LogP contribution is -2.08.